The molecule has 0 aromatic rings. The van der Waals surface area contributed by atoms with Crippen LogP contribution in [0.25, 0.3) is 0 Å². The topological polar surface area (TPSA) is 26.3 Å². The third-order valence-electron chi connectivity index (χ3n) is 15.5. The largest absolute Gasteiger partial charge is 0.462 e. The fourth-order valence-corrected chi connectivity index (χ4v) is 12.4. The van der Waals surface area contributed by atoms with Crippen LogP contribution in [0.4, 0.5) is 0 Å². The first-order valence-electron chi connectivity index (χ1n) is 22.0. The second kappa shape index (κ2) is 19.7. The van der Waals surface area contributed by atoms with Crippen LogP contribution >= 0.6 is 0 Å². The molecule has 0 aromatic heterocycles. The van der Waals surface area contributed by atoms with Gasteiger partial charge in [-0.25, -0.2) is 0 Å². The highest BCUT2D eigenvalue weighted by Gasteiger charge is 2.60. The lowest BCUT2D eigenvalue weighted by molar-refractivity contribution is -0.162. The first-order chi connectivity index (χ1) is 23.1. The summed E-state index contributed by atoms with van der Waals surface area (Å²) in [4.78, 5) is 12.8. The van der Waals surface area contributed by atoms with Crippen molar-refractivity contribution in [1.29, 1.82) is 0 Å². The fourth-order valence-electron chi connectivity index (χ4n) is 12.4. The van der Waals surface area contributed by atoms with Crippen molar-refractivity contribution in [2.75, 3.05) is 0 Å². The van der Waals surface area contributed by atoms with Crippen LogP contribution in [0.1, 0.15) is 209 Å². The molecule has 0 radical (unpaired) electrons. The van der Waals surface area contributed by atoms with Gasteiger partial charge >= 0.3 is 5.97 Å². The minimum absolute atomic E-state index is 0.0809. The minimum atomic E-state index is 0.0809. The maximum Gasteiger partial charge on any atom is 0.306 e. The van der Waals surface area contributed by atoms with Crippen molar-refractivity contribution in [3.63, 3.8) is 0 Å². The Morgan fingerprint density at radius 2 is 1.38 bits per heavy atom. The molecule has 2 heteroatoms. The smallest absolute Gasteiger partial charge is 0.306 e. The van der Waals surface area contributed by atoms with Gasteiger partial charge in [-0.15, -0.1) is 0 Å². The Labute approximate surface area is 300 Å². The first kappa shape index (κ1) is 40.0. The zero-order chi connectivity index (χ0) is 34.6. The van der Waals surface area contributed by atoms with Gasteiger partial charge in [0.05, 0.1) is 0 Å². The Morgan fingerprint density at radius 1 is 0.729 bits per heavy atom. The molecule has 4 aliphatic rings. The normalized spacial score (nSPS) is 34.5. The van der Waals surface area contributed by atoms with Gasteiger partial charge in [0.15, 0.2) is 0 Å². The number of carbonyl (C=O) groups excluding carboxylic acids is 1. The molecule has 3 unspecified atom stereocenters. The number of hydrogen-bond donors (Lipinski definition) is 0. The molecule has 2 nitrogen and oxygen atoms in total. The van der Waals surface area contributed by atoms with Gasteiger partial charge < -0.3 is 4.74 Å². The summed E-state index contributed by atoms with van der Waals surface area (Å²) in [7, 11) is 0. The summed E-state index contributed by atoms with van der Waals surface area (Å²) in [6, 6.07) is 0. The molecular weight excluding hydrogens is 585 g/mol. The number of allylic oxidation sites excluding steroid dienone is 2. The minimum Gasteiger partial charge on any atom is -0.462 e. The van der Waals surface area contributed by atoms with Gasteiger partial charge in [0.1, 0.15) is 6.10 Å². The Morgan fingerprint density at radius 3 is 2.06 bits per heavy atom. The average molecular weight is 667 g/mol. The van der Waals surface area contributed by atoms with E-state index in [9.17, 15) is 4.79 Å². The van der Waals surface area contributed by atoms with E-state index in [1.165, 1.54) is 135 Å². The van der Waals surface area contributed by atoms with Gasteiger partial charge in [0.2, 0.25) is 0 Å². The van der Waals surface area contributed by atoms with Crippen LogP contribution in [-0.4, -0.2) is 12.1 Å². The number of rotatable bonds is 21. The molecule has 4 rings (SSSR count). The van der Waals surface area contributed by atoms with Crippen LogP contribution in [0.15, 0.2) is 12.2 Å². The van der Waals surface area contributed by atoms with Gasteiger partial charge in [-0.05, 0) is 154 Å². The predicted molar refractivity (Wildman–Crippen MR) is 207 cm³/mol. The summed E-state index contributed by atoms with van der Waals surface area (Å²) < 4.78 is 6.17. The number of fused-ring (bicyclic) bond motifs is 5. The lowest BCUT2D eigenvalue weighted by Crippen LogP contribution is -2.54. The van der Waals surface area contributed by atoms with E-state index in [0.717, 1.165) is 66.6 Å². The van der Waals surface area contributed by atoms with E-state index in [1.807, 2.05) is 0 Å². The fraction of sp³-hybridized carbons (Fsp3) is 0.935. The molecule has 278 valence electrons. The highest BCUT2D eigenvalue weighted by Crippen LogP contribution is 2.68. The summed E-state index contributed by atoms with van der Waals surface area (Å²) in [5, 5.41) is 0. The van der Waals surface area contributed by atoms with Gasteiger partial charge in [0, 0.05) is 6.42 Å². The van der Waals surface area contributed by atoms with Crippen LogP contribution in [0.3, 0.4) is 0 Å². The monoisotopic (exact) mass is 667 g/mol. The average Bonchev–Trinajstić information content (AvgIpc) is 3.42. The molecular formula is C46H82O2. The molecule has 0 spiro atoms. The summed E-state index contributed by atoms with van der Waals surface area (Å²) in [6.07, 6.45) is 37.4. The maximum atomic E-state index is 12.8. The maximum absolute atomic E-state index is 12.8. The van der Waals surface area contributed by atoms with Gasteiger partial charge in [0.25, 0.3) is 0 Å². The summed E-state index contributed by atoms with van der Waals surface area (Å²) >= 11 is 0. The summed E-state index contributed by atoms with van der Waals surface area (Å²) in [5.74, 6) is 7.17. The van der Waals surface area contributed by atoms with Crippen molar-refractivity contribution in [2.24, 2.45) is 58.2 Å². The lowest BCUT2D eigenvalue weighted by atomic mass is 9.44. The summed E-state index contributed by atoms with van der Waals surface area (Å²) in [5.41, 5.74) is 1.03. The van der Waals surface area contributed by atoms with E-state index in [-0.39, 0.29) is 12.1 Å². The van der Waals surface area contributed by atoms with Crippen molar-refractivity contribution >= 4 is 5.97 Å². The predicted octanol–water partition coefficient (Wildman–Crippen LogP) is 14.3. The molecule has 10 atom stereocenters. The number of unbranched alkanes of at least 4 members (excludes halogenated alkanes) is 10. The second-order valence-electron chi connectivity index (χ2n) is 18.7. The number of carbonyl (C=O) groups is 1. The van der Waals surface area contributed by atoms with Crippen molar-refractivity contribution in [3.05, 3.63) is 12.2 Å². The molecule has 0 bridgehead atoms. The molecule has 0 aromatic carbocycles. The summed E-state index contributed by atoms with van der Waals surface area (Å²) in [6.45, 7) is 17.6. The molecule has 4 fully saturated rings. The first-order valence-corrected chi connectivity index (χ1v) is 22.0. The van der Waals surface area contributed by atoms with Gasteiger partial charge in [-0.3, -0.25) is 4.79 Å². The Balaban J connectivity index is 1.13. The van der Waals surface area contributed by atoms with Crippen LogP contribution in [0, 0.1) is 58.2 Å². The van der Waals surface area contributed by atoms with E-state index < -0.39 is 0 Å². The Hall–Kier alpha value is -0.790. The zero-order valence-corrected chi connectivity index (χ0v) is 33.3. The number of hydrogen-bond acceptors (Lipinski definition) is 2. The standard InChI is InChI=1S/C46H82O2/c1-8-10-11-12-13-14-15-16-17-18-19-20-21-22-23-44(47)48-39-30-32-45(6)38(34-39)26-27-40-42-29-28-41(46(42,7)33-31-43(40)45)36(5)24-25-37(9-2)35(3)4/h15-16,35-43H,8-14,17-34H2,1-7H3/b16-15-/t36-,37+,38+,39+,40?,41-,42?,43?,45+,46-/m1/s1. The van der Waals surface area contributed by atoms with E-state index >= 15 is 0 Å². The van der Waals surface area contributed by atoms with Crippen molar-refractivity contribution < 1.29 is 9.53 Å². The van der Waals surface area contributed by atoms with Crippen molar-refractivity contribution in [3.8, 4) is 0 Å². The lowest BCUT2D eigenvalue weighted by Gasteiger charge is -2.61. The second-order valence-corrected chi connectivity index (χ2v) is 18.7. The molecule has 0 saturated heterocycles. The quantitative estimate of drug-likeness (QED) is 0.0692. The van der Waals surface area contributed by atoms with Gasteiger partial charge in [-0.1, -0.05) is 118 Å². The molecule has 0 N–H and O–H groups in total. The van der Waals surface area contributed by atoms with Crippen LogP contribution in [-0.2, 0) is 9.53 Å². The third kappa shape index (κ3) is 10.4. The Bertz CT molecular complexity index is 952. The highest BCUT2D eigenvalue weighted by molar-refractivity contribution is 5.69. The molecule has 48 heavy (non-hydrogen) atoms. The van der Waals surface area contributed by atoms with Crippen molar-refractivity contribution in [2.45, 2.75) is 215 Å². The number of esters is 1. The molecule has 0 heterocycles. The molecule has 4 saturated carbocycles. The van der Waals surface area contributed by atoms with Crippen LogP contribution in [0.5, 0.6) is 0 Å². The molecule has 0 amide bonds. The molecule has 4 aliphatic carbocycles. The van der Waals surface area contributed by atoms with E-state index in [0.29, 0.717) is 17.3 Å². The zero-order valence-electron chi connectivity index (χ0n) is 33.3. The number of ether oxygens (including phenoxy) is 1. The van der Waals surface area contributed by atoms with Crippen LogP contribution < -0.4 is 0 Å². The van der Waals surface area contributed by atoms with Crippen LogP contribution in [0.2, 0.25) is 0 Å². The SMILES string of the molecule is CCCCCCC/C=C\CCCCCCCC(=O)O[C@H]1CC[C@]2(C)C3CC[C@@]4(C)C(CC[C@@H]4[C@H](C)CC[C@H](CC)C(C)C)C3CC[C@H]2C1. The van der Waals surface area contributed by atoms with Crippen molar-refractivity contribution in [1.82, 2.24) is 0 Å². The van der Waals surface area contributed by atoms with E-state index in [1.54, 1.807) is 0 Å². The van der Waals surface area contributed by atoms with E-state index in [4.69, 9.17) is 4.74 Å². The Kier molecular flexibility index (Phi) is 16.4. The highest BCUT2D eigenvalue weighted by atomic mass is 16.5. The molecule has 0 aliphatic heterocycles. The van der Waals surface area contributed by atoms with Gasteiger partial charge in [-0.2, -0.15) is 0 Å². The van der Waals surface area contributed by atoms with E-state index in [2.05, 4.69) is 60.6 Å². The third-order valence-corrected chi connectivity index (χ3v) is 15.5.